The Labute approximate surface area is 79.5 Å². The van der Waals surface area contributed by atoms with E-state index in [0.29, 0.717) is 6.42 Å². The SMILES string of the molecule is CC(C)NC(=O)N(C)C(C)CC#N. The van der Waals surface area contributed by atoms with Gasteiger partial charge >= 0.3 is 6.03 Å². The van der Waals surface area contributed by atoms with Gasteiger partial charge in [-0.3, -0.25) is 0 Å². The molecule has 1 atom stereocenters. The second-order valence-corrected chi connectivity index (χ2v) is 3.43. The Morgan fingerprint density at radius 3 is 2.46 bits per heavy atom. The zero-order valence-corrected chi connectivity index (χ0v) is 8.66. The van der Waals surface area contributed by atoms with Gasteiger partial charge in [0, 0.05) is 19.1 Å². The van der Waals surface area contributed by atoms with E-state index in [9.17, 15) is 4.79 Å². The highest BCUT2D eigenvalue weighted by Gasteiger charge is 2.15. The fourth-order valence-corrected chi connectivity index (χ4v) is 0.818. The predicted octanol–water partition coefficient (Wildman–Crippen LogP) is 1.34. The minimum Gasteiger partial charge on any atom is -0.336 e. The van der Waals surface area contributed by atoms with Crippen molar-refractivity contribution in [2.75, 3.05) is 7.05 Å². The van der Waals surface area contributed by atoms with E-state index in [-0.39, 0.29) is 18.1 Å². The lowest BCUT2D eigenvalue weighted by atomic mass is 10.2. The maximum atomic E-state index is 11.4. The molecule has 2 amide bonds. The second kappa shape index (κ2) is 5.41. The molecule has 0 radical (unpaired) electrons. The van der Waals surface area contributed by atoms with Crippen LogP contribution in [0, 0.1) is 11.3 Å². The van der Waals surface area contributed by atoms with Crippen LogP contribution in [-0.4, -0.2) is 30.1 Å². The normalized spacial score (nSPS) is 12.0. The molecule has 0 fully saturated rings. The van der Waals surface area contributed by atoms with Crippen LogP contribution < -0.4 is 5.32 Å². The number of amides is 2. The lowest BCUT2D eigenvalue weighted by Gasteiger charge is -2.24. The molecule has 4 nitrogen and oxygen atoms in total. The largest absolute Gasteiger partial charge is 0.336 e. The lowest BCUT2D eigenvalue weighted by Crippen LogP contribution is -2.44. The number of carbonyl (C=O) groups excluding carboxylic acids is 1. The molecule has 0 aromatic heterocycles. The minimum atomic E-state index is -0.127. The third-order valence-electron chi connectivity index (χ3n) is 1.78. The fourth-order valence-electron chi connectivity index (χ4n) is 0.818. The van der Waals surface area contributed by atoms with Gasteiger partial charge in [-0.1, -0.05) is 0 Å². The van der Waals surface area contributed by atoms with Gasteiger partial charge < -0.3 is 10.2 Å². The quantitative estimate of drug-likeness (QED) is 0.717. The fraction of sp³-hybridized carbons (Fsp3) is 0.778. The maximum absolute atomic E-state index is 11.4. The van der Waals surface area contributed by atoms with E-state index in [1.807, 2.05) is 26.8 Å². The number of rotatable bonds is 3. The molecule has 0 saturated carbocycles. The highest BCUT2D eigenvalue weighted by molar-refractivity contribution is 5.74. The number of hydrogen-bond acceptors (Lipinski definition) is 2. The second-order valence-electron chi connectivity index (χ2n) is 3.43. The van der Waals surface area contributed by atoms with Crippen LogP contribution in [0.15, 0.2) is 0 Å². The summed E-state index contributed by atoms with van der Waals surface area (Å²) in [7, 11) is 1.69. The van der Waals surface area contributed by atoms with Crippen molar-refractivity contribution < 1.29 is 4.79 Å². The van der Waals surface area contributed by atoms with E-state index in [1.54, 1.807) is 11.9 Å². The van der Waals surface area contributed by atoms with E-state index >= 15 is 0 Å². The first kappa shape index (κ1) is 11.8. The van der Waals surface area contributed by atoms with Crippen LogP contribution in [0.4, 0.5) is 4.79 Å². The van der Waals surface area contributed by atoms with Gasteiger partial charge in [-0.2, -0.15) is 5.26 Å². The Morgan fingerprint density at radius 1 is 1.54 bits per heavy atom. The minimum absolute atomic E-state index is 0.0382. The summed E-state index contributed by atoms with van der Waals surface area (Å²) in [6, 6.07) is 2.00. The highest BCUT2D eigenvalue weighted by atomic mass is 16.2. The summed E-state index contributed by atoms with van der Waals surface area (Å²) in [4.78, 5) is 12.9. The van der Waals surface area contributed by atoms with Crippen molar-refractivity contribution in [3.8, 4) is 6.07 Å². The molecule has 1 N–H and O–H groups in total. The summed E-state index contributed by atoms with van der Waals surface area (Å²) in [6.45, 7) is 5.66. The average molecular weight is 183 g/mol. The average Bonchev–Trinajstić information content (AvgIpc) is 2.02. The first-order valence-electron chi connectivity index (χ1n) is 4.39. The van der Waals surface area contributed by atoms with Crippen LogP contribution in [-0.2, 0) is 0 Å². The molecule has 74 valence electrons. The van der Waals surface area contributed by atoms with E-state index in [0.717, 1.165) is 0 Å². The third-order valence-corrected chi connectivity index (χ3v) is 1.78. The van der Waals surface area contributed by atoms with Gasteiger partial charge in [-0.15, -0.1) is 0 Å². The van der Waals surface area contributed by atoms with Crippen molar-refractivity contribution in [3.05, 3.63) is 0 Å². The van der Waals surface area contributed by atoms with Crippen LogP contribution in [0.1, 0.15) is 27.2 Å². The van der Waals surface area contributed by atoms with Crippen molar-refractivity contribution in [2.24, 2.45) is 0 Å². The van der Waals surface area contributed by atoms with Crippen molar-refractivity contribution in [2.45, 2.75) is 39.3 Å². The number of urea groups is 1. The molecule has 0 rings (SSSR count). The van der Waals surface area contributed by atoms with Crippen LogP contribution in [0.25, 0.3) is 0 Å². The number of nitrogens with zero attached hydrogens (tertiary/aromatic N) is 2. The van der Waals surface area contributed by atoms with Crippen molar-refractivity contribution >= 4 is 6.03 Å². The number of hydrogen-bond donors (Lipinski definition) is 1. The summed E-state index contributed by atoms with van der Waals surface area (Å²) >= 11 is 0. The molecule has 0 aromatic rings. The summed E-state index contributed by atoms with van der Waals surface area (Å²) in [5.74, 6) is 0. The standard InChI is InChI=1S/C9H17N3O/c1-7(2)11-9(13)12(4)8(3)5-6-10/h7-8H,5H2,1-4H3,(H,11,13). The van der Waals surface area contributed by atoms with Gasteiger partial charge in [0.2, 0.25) is 0 Å². The van der Waals surface area contributed by atoms with E-state index in [1.165, 1.54) is 0 Å². The summed E-state index contributed by atoms with van der Waals surface area (Å²) < 4.78 is 0. The molecule has 0 aromatic carbocycles. The molecular formula is C9H17N3O. The van der Waals surface area contributed by atoms with Gasteiger partial charge in [0.05, 0.1) is 12.5 Å². The van der Waals surface area contributed by atoms with Crippen LogP contribution in [0.3, 0.4) is 0 Å². The molecule has 0 bridgehead atoms. The Morgan fingerprint density at radius 2 is 2.08 bits per heavy atom. The molecule has 0 heterocycles. The van der Waals surface area contributed by atoms with E-state index < -0.39 is 0 Å². The molecule has 0 aliphatic rings. The first-order valence-corrected chi connectivity index (χ1v) is 4.39. The molecule has 0 spiro atoms. The molecule has 13 heavy (non-hydrogen) atoms. The summed E-state index contributed by atoms with van der Waals surface area (Å²) in [5.41, 5.74) is 0. The first-order chi connectivity index (χ1) is 5.99. The zero-order chi connectivity index (χ0) is 10.4. The highest BCUT2D eigenvalue weighted by Crippen LogP contribution is 2.00. The maximum Gasteiger partial charge on any atom is 0.317 e. The Kier molecular flexibility index (Phi) is 4.90. The van der Waals surface area contributed by atoms with Crippen LogP contribution >= 0.6 is 0 Å². The molecular weight excluding hydrogens is 166 g/mol. The predicted molar refractivity (Wildman–Crippen MR) is 51.1 cm³/mol. The number of nitrogens with one attached hydrogen (secondary N) is 1. The zero-order valence-electron chi connectivity index (χ0n) is 8.66. The third kappa shape index (κ3) is 4.36. The Balaban J connectivity index is 4.03. The number of nitriles is 1. The van der Waals surface area contributed by atoms with Crippen LogP contribution in [0.5, 0.6) is 0 Å². The molecule has 1 unspecified atom stereocenters. The van der Waals surface area contributed by atoms with Crippen molar-refractivity contribution in [1.82, 2.24) is 10.2 Å². The van der Waals surface area contributed by atoms with Gasteiger partial charge in [-0.05, 0) is 20.8 Å². The monoisotopic (exact) mass is 183 g/mol. The van der Waals surface area contributed by atoms with Gasteiger partial charge in [0.25, 0.3) is 0 Å². The van der Waals surface area contributed by atoms with Crippen LogP contribution in [0.2, 0.25) is 0 Å². The van der Waals surface area contributed by atoms with E-state index in [2.05, 4.69) is 5.32 Å². The summed E-state index contributed by atoms with van der Waals surface area (Å²) in [5, 5.41) is 11.2. The molecule has 0 aliphatic heterocycles. The van der Waals surface area contributed by atoms with E-state index in [4.69, 9.17) is 5.26 Å². The van der Waals surface area contributed by atoms with Gasteiger partial charge in [-0.25, -0.2) is 4.79 Å². The summed E-state index contributed by atoms with van der Waals surface area (Å²) in [6.07, 6.45) is 0.363. The topological polar surface area (TPSA) is 56.1 Å². The van der Waals surface area contributed by atoms with Gasteiger partial charge in [0.1, 0.15) is 0 Å². The number of carbonyl (C=O) groups is 1. The molecule has 0 saturated heterocycles. The van der Waals surface area contributed by atoms with Gasteiger partial charge in [0.15, 0.2) is 0 Å². The lowest BCUT2D eigenvalue weighted by molar-refractivity contribution is 0.192. The molecule has 0 aliphatic carbocycles. The van der Waals surface area contributed by atoms with Crippen molar-refractivity contribution in [3.63, 3.8) is 0 Å². The Hall–Kier alpha value is -1.24. The van der Waals surface area contributed by atoms with Crippen molar-refractivity contribution in [1.29, 1.82) is 5.26 Å². The Bertz CT molecular complexity index is 207. The smallest absolute Gasteiger partial charge is 0.317 e. The molecule has 4 heteroatoms.